The molecule has 0 aromatic heterocycles. The number of hydrogen-bond donors (Lipinski definition) is 3. The van der Waals surface area contributed by atoms with Crippen LogP contribution in [0.2, 0.25) is 0 Å². The molecule has 98 valence electrons. The van der Waals surface area contributed by atoms with Gasteiger partial charge in [-0.1, -0.05) is 0 Å². The fourth-order valence-corrected chi connectivity index (χ4v) is 1.31. The van der Waals surface area contributed by atoms with Crippen LogP contribution in [0.1, 0.15) is 19.4 Å². The standard InChI is InChI=1S/C12H18N4O2/c1-8(2)18-10-5-4-9(6-11(10)17-3)7-15-16-12(13)14/h4-8H,1-3H3,(H4,13,14,16)/p+1/b15-7+. The van der Waals surface area contributed by atoms with Crippen molar-refractivity contribution in [2.24, 2.45) is 16.6 Å². The van der Waals surface area contributed by atoms with Crippen LogP contribution in [0.3, 0.4) is 0 Å². The van der Waals surface area contributed by atoms with Crippen molar-refractivity contribution in [1.82, 2.24) is 0 Å². The predicted octanol–water partition coefficient (Wildman–Crippen LogP) is -0.830. The first kappa shape index (κ1) is 13.8. The zero-order chi connectivity index (χ0) is 13.5. The number of guanidine groups is 1. The lowest BCUT2D eigenvalue weighted by atomic mass is 10.2. The number of benzene rings is 1. The van der Waals surface area contributed by atoms with Crippen LogP contribution in [0.4, 0.5) is 0 Å². The highest BCUT2D eigenvalue weighted by molar-refractivity contribution is 5.78. The molecule has 0 unspecified atom stereocenters. The highest BCUT2D eigenvalue weighted by Gasteiger charge is 2.07. The minimum atomic E-state index is -0.0297. The maximum absolute atomic E-state index is 5.61. The van der Waals surface area contributed by atoms with Crippen molar-refractivity contribution in [2.75, 3.05) is 7.11 Å². The Labute approximate surface area is 106 Å². The first-order valence-electron chi connectivity index (χ1n) is 5.55. The second-order valence-corrected chi connectivity index (χ2v) is 3.89. The van der Waals surface area contributed by atoms with Crippen LogP contribution in [0.25, 0.3) is 0 Å². The maximum atomic E-state index is 5.61. The van der Waals surface area contributed by atoms with Crippen LogP contribution >= 0.6 is 0 Å². The minimum Gasteiger partial charge on any atom is -0.493 e. The molecule has 0 aliphatic rings. The van der Waals surface area contributed by atoms with Crippen molar-refractivity contribution >= 4 is 12.2 Å². The summed E-state index contributed by atoms with van der Waals surface area (Å²) >= 11 is 0. The number of methoxy groups -OCH3 is 1. The van der Waals surface area contributed by atoms with Crippen molar-refractivity contribution in [3.05, 3.63) is 23.8 Å². The Morgan fingerprint density at radius 1 is 1.33 bits per heavy atom. The van der Waals surface area contributed by atoms with Crippen LogP contribution in [-0.4, -0.2) is 25.4 Å². The molecule has 0 amide bonds. The Morgan fingerprint density at radius 2 is 2.06 bits per heavy atom. The van der Waals surface area contributed by atoms with Crippen molar-refractivity contribution in [3.8, 4) is 11.5 Å². The van der Waals surface area contributed by atoms with E-state index in [1.807, 2.05) is 32.0 Å². The van der Waals surface area contributed by atoms with Gasteiger partial charge in [0.15, 0.2) is 11.5 Å². The van der Waals surface area contributed by atoms with Gasteiger partial charge in [-0.3, -0.25) is 0 Å². The summed E-state index contributed by atoms with van der Waals surface area (Å²) in [5, 5.41) is 6.27. The van der Waals surface area contributed by atoms with E-state index in [9.17, 15) is 0 Å². The zero-order valence-corrected chi connectivity index (χ0v) is 10.8. The molecule has 5 N–H and O–H groups in total. The highest BCUT2D eigenvalue weighted by Crippen LogP contribution is 2.28. The van der Waals surface area contributed by atoms with Gasteiger partial charge in [0, 0.05) is 10.7 Å². The molecule has 0 spiro atoms. The van der Waals surface area contributed by atoms with E-state index in [0.29, 0.717) is 11.5 Å². The number of hydrazone groups is 1. The summed E-state index contributed by atoms with van der Waals surface area (Å²) in [7, 11) is 1.59. The smallest absolute Gasteiger partial charge is 0.256 e. The molecule has 0 fully saturated rings. The maximum Gasteiger partial charge on any atom is 0.256 e. The average Bonchev–Trinajstić information content (AvgIpc) is 2.29. The molecule has 0 aliphatic heterocycles. The van der Waals surface area contributed by atoms with Gasteiger partial charge in [-0.2, -0.15) is 0 Å². The Balaban J connectivity index is 2.91. The van der Waals surface area contributed by atoms with Gasteiger partial charge in [0.1, 0.15) is 0 Å². The van der Waals surface area contributed by atoms with E-state index in [0.717, 1.165) is 5.56 Å². The molecule has 0 aliphatic carbocycles. The molecule has 0 heterocycles. The average molecular weight is 251 g/mol. The summed E-state index contributed by atoms with van der Waals surface area (Å²) in [6, 6.07) is 5.53. The third kappa shape index (κ3) is 4.32. The molecule has 6 heteroatoms. The van der Waals surface area contributed by atoms with Crippen molar-refractivity contribution in [1.29, 1.82) is 0 Å². The van der Waals surface area contributed by atoms with E-state index in [2.05, 4.69) is 10.2 Å². The van der Waals surface area contributed by atoms with Gasteiger partial charge in [0.05, 0.1) is 13.2 Å². The lowest BCUT2D eigenvalue weighted by molar-refractivity contribution is -0.456. The SMILES string of the molecule is COc1cc(/C=[NH+]/N=C(N)N)ccc1OC(C)C. The Kier molecular flexibility index (Phi) is 4.98. The van der Waals surface area contributed by atoms with Crippen LogP contribution in [0.15, 0.2) is 23.3 Å². The van der Waals surface area contributed by atoms with Crippen LogP contribution in [-0.2, 0) is 0 Å². The fourth-order valence-electron chi connectivity index (χ4n) is 1.31. The fraction of sp³-hybridized carbons (Fsp3) is 0.333. The molecule has 0 saturated carbocycles. The zero-order valence-electron chi connectivity index (χ0n) is 10.8. The lowest BCUT2D eigenvalue weighted by Crippen LogP contribution is -2.63. The van der Waals surface area contributed by atoms with E-state index < -0.39 is 0 Å². The number of nitrogens with one attached hydrogen (secondary N) is 1. The van der Waals surface area contributed by atoms with E-state index >= 15 is 0 Å². The molecule has 0 radical (unpaired) electrons. The van der Waals surface area contributed by atoms with Crippen molar-refractivity contribution in [2.45, 2.75) is 20.0 Å². The van der Waals surface area contributed by atoms with Crippen molar-refractivity contribution < 1.29 is 14.6 Å². The van der Waals surface area contributed by atoms with Gasteiger partial charge >= 0.3 is 0 Å². The van der Waals surface area contributed by atoms with Gasteiger partial charge in [-0.05, 0) is 32.0 Å². The number of ether oxygens (including phenoxy) is 2. The molecule has 1 rings (SSSR count). The second-order valence-electron chi connectivity index (χ2n) is 3.89. The third-order valence-corrected chi connectivity index (χ3v) is 1.98. The highest BCUT2D eigenvalue weighted by atomic mass is 16.5. The topological polar surface area (TPSA) is 96.8 Å². The summed E-state index contributed by atoms with van der Waals surface area (Å²) in [5.41, 5.74) is 11.3. The van der Waals surface area contributed by atoms with Gasteiger partial charge in [0.2, 0.25) is 6.21 Å². The molecule has 0 atom stereocenters. The Bertz CT molecular complexity index is 451. The summed E-state index contributed by atoms with van der Waals surface area (Å²) in [5.74, 6) is 1.33. The number of nitrogens with two attached hydrogens (primary N) is 2. The summed E-state index contributed by atoms with van der Waals surface area (Å²) < 4.78 is 10.9. The summed E-state index contributed by atoms with van der Waals surface area (Å²) in [4.78, 5) is 0. The van der Waals surface area contributed by atoms with E-state index in [-0.39, 0.29) is 12.1 Å². The van der Waals surface area contributed by atoms with E-state index in [1.165, 1.54) is 0 Å². The monoisotopic (exact) mass is 251 g/mol. The first-order chi connectivity index (χ1) is 8.52. The second kappa shape index (κ2) is 6.48. The Morgan fingerprint density at radius 3 is 2.61 bits per heavy atom. The molecule has 6 nitrogen and oxygen atoms in total. The number of rotatable bonds is 5. The van der Waals surface area contributed by atoms with E-state index in [4.69, 9.17) is 20.9 Å². The third-order valence-electron chi connectivity index (χ3n) is 1.98. The minimum absolute atomic E-state index is 0.0297. The quantitative estimate of drug-likeness (QED) is 0.361. The molecule has 1 aromatic carbocycles. The summed E-state index contributed by atoms with van der Waals surface area (Å²) in [6.07, 6.45) is 1.75. The van der Waals surface area contributed by atoms with E-state index in [1.54, 1.807) is 13.3 Å². The molecule has 1 aromatic rings. The van der Waals surface area contributed by atoms with Crippen LogP contribution in [0.5, 0.6) is 11.5 Å². The number of hydrogen-bond acceptors (Lipinski definition) is 3. The van der Waals surface area contributed by atoms with Gasteiger partial charge in [0.25, 0.3) is 5.96 Å². The first-order valence-corrected chi connectivity index (χ1v) is 5.55. The van der Waals surface area contributed by atoms with Crippen LogP contribution < -0.4 is 26.0 Å². The van der Waals surface area contributed by atoms with Crippen LogP contribution in [0, 0.1) is 0 Å². The largest absolute Gasteiger partial charge is 0.493 e. The molecular formula is C12H19N4O2+. The van der Waals surface area contributed by atoms with Gasteiger partial charge < -0.3 is 20.9 Å². The predicted molar refractivity (Wildman–Crippen MR) is 70.7 cm³/mol. The number of nitrogens with zero attached hydrogens (tertiary/aromatic N) is 1. The summed E-state index contributed by atoms with van der Waals surface area (Å²) in [6.45, 7) is 3.92. The molecule has 18 heavy (non-hydrogen) atoms. The molecule has 0 bridgehead atoms. The lowest BCUT2D eigenvalue weighted by Gasteiger charge is -2.13. The molecule has 0 saturated heterocycles. The molecular weight excluding hydrogens is 232 g/mol. The van der Waals surface area contributed by atoms with Gasteiger partial charge in [-0.25, -0.2) is 0 Å². The van der Waals surface area contributed by atoms with Gasteiger partial charge in [-0.15, -0.1) is 5.10 Å². The normalized spacial score (nSPS) is 10.7. The van der Waals surface area contributed by atoms with Crippen molar-refractivity contribution in [3.63, 3.8) is 0 Å². The Hall–Kier alpha value is -2.24.